The van der Waals surface area contributed by atoms with E-state index < -0.39 is 0 Å². The van der Waals surface area contributed by atoms with Crippen LogP contribution in [0.5, 0.6) is 17.2 Å². The molecule has 0 aliphatic rings. The summed E-state index contributed by atoms with van der Waals surface area (Å²) in [5, 5.41) is 2.86. The first-order valence-corrected chi connectivity index (χ1v) is 10.4. The smallest absolute Gasteiger partial charge is 0.255 e. The third kappa shape index (κ3) is 5.78. The first kappa shape index (κ1) is 22.2. The number of nitrogens with zero attached hydrogens (tertiary/aromatic N) is 1. The minimum Gasteiger partial charge on any atom is -0.493 e. The molecule has 0 atom stereocenters. The first-order chi connectivity index (χ1) is 15.2. The molecule has 3 rings (SSSR count). The van der Waals surface area contributed by atoms with E-state index >= 15 is 0 Å². The molecule has 0 bridgehead atoms. The number of benzene rings is 2. The normalized spacial score (nSPS) is 10.5. The third-order valence-corrected chi connectivity index (χ3v) is 4.58. The van der Waals surface area contributed by atoms with E-state index in [1.165, 1.54) is 6.26 Å². The summed E-state index contributed by atoms with van der Waals surface area (Å²) >= 11 is 0. The van der Waals surface area contributed by atoms with Crippen molar-refractivity contribution in [3.63, 3.8) is 0 Å². The van der Waals surface area contributed by atoms with Crippen molar-refractivity contribution in [2.24, 2.45) is 0 Å². The molecule has 0 radical (unpaired) electrons. The number of hydrogen-bond acceptors (Lipinski definition) is 6. The number of ether oxygens (including phenoxy) is 3. The number of nitrogens with one attached hydrogen (secondary N) is 1. The largest absolute Gasteiger partial charge is 0.493 e. The molecule has 1 aromatic heterocycles. The van der Waals surface area contributed by atoms with E-state index in [1.807, 2.05) is 31.2 Å². The molecule has 0 aliphatic carbocycles. The second-order valence-electron chi connectivity index (χ2n) is 6.82. The van der Waals surface area contributed by atoms with Gasteiger partial charge in [-0.25, -0.2) is 4.98 Å². The van der Waals surface area contributed by atoms with Gasteiger partial charge in [-0.2, -0.15) is 0 Å². The van der Waals surface area contributed by atoms with Gasteiger partial charge in [0.2, 0.25) is 5.89 Å². The molecule has 7 nitrogen and oxygen atoms in total. The van der Waals surface area contributed by atoms with Crippen molar-refractivity contribution < 1.29 is 23.4 Å². The van der Waals surface area contributed by atoms with E-state index in [0.29, 0.717) is 47.6 Å². The zero-order chi connectivity index (χ0) is 22.1. The maximum atomic E-state index is 12.6. The predicted molar refractivity (Wildman–Crippen MR) is 118 cm³/mol. The van der Waals surface area contributed by atoms with Gasteiger partial charge in [-0.05, 0) is 43.7 Å². The minimum absolute atomic E-state index is 0.232. The summed E-state index contributed by atoms with van der Waals surface area (Å²) in [5.74, 6) is 2.07. The molecular formula is C24H28N2O5. The van der Waals surface area contributed by atoms with Crippen LogP contribution in [-0.2, 0) is 6.54 Å². The molecule has 0 aliphatic heterocycles. The van der Waals surface area contributed by atoms with Gasteiger partial charge in [0, 0.05) is 5.56 Å². The molecular weight excluding hydrogens is 396 g/mol. The van der Waals surface area contributed by atoms with Crippen LogP contribution in [0.1, 0.15) is 42.7 Å². The summed E-state index contributed by atoms with van der Waals surface area (Å²) < 4.78 is 22.3. The molecule has 7 heteroatoms. The average Bonchev–Trinajstić information content (AvgIpc) is 3.27. The van der Waals surface area contributed by atoms with Crippen molar-refractivity contribution in [2.45, 2.75) is 33.2 Å². The number of para-hydroxylation sites is 1. The van der Waals surface area contributed by atoms with Gasteiger partial charge in [0.1, 0.15) is 12.0 Å². The monoisotopic (exact) mass is 424 g/mol. The summed E-state index contributed by atoms with van der Waals surface area (Å²) in [4.78, 5) is 17.0. The molecule has 164 valence electrons. The van der Waals surface area contributed by atoms with Crippen LogP contribution in [0.4, 0.5) is 0 Å². The lowest BCUT2D eigenvalue weighted by Gasteiger charge is -2.11. The Hall–Kier alpha value is -3.48. The number of carbonyl (C=O) groups excluding carboxylic acids is 1. The van der Waals surface area contributed by atoms with Crippen LogP contribution in [-0.4, -0.2) is 31.2 Å². The van der Waals surface area contributed by atoms with Crippen LogP contribution in [0.3, 0.4) is 0 Å². The van der Waals surface area contributed by atoms with E-state index in [-0.39, 0.29) is 12.5 Å². The Labute approximate surface area is 182 Å². The van der Waals surface area contributed by atoms with E-state index in [4.69, 9.17) is 18.6 Å². The van der Waals surface area contributed by atoms with Gasteiger partial charge in [-0.3, -0.25) is 4.79 Å². The number of unbranched alkanes of at least 4 members (excludes halogenated alkanes) is 1. The fourth-order valence-electron chi connectivity index (χ4n) is 2.97. The number of hydrogen-bond donors (Lipinski definition) is 1. The van der Waals surface area contributed by atoms with Gasteiger partial charge < -0.3 is 23.9 Å². The second-order valence-corrected chi connectivity index (χ2v) is 6.82. The van der Waals surface area contributed by atoms with Gasteiger partial charge in [0.15, 0.2) is 11.5 Å². The Morgan fingerprint density at radius 2 is 1.90 bits per heavy atom. The number of amides is 1. The van der Waals surface area contributed by atoms with E-state index in [2.05, 4.69) is 17.2 Å². The van der Waals surface area contributed by atoms with Crippen LogP contribution in [0.2, 0.25) is 0 Å². The SMILES string of the molecule is CCCCOc1cc(-c2nc(CNC(=O)c3ccccc3OCC)co2)ccc1OC. The fraction of sp³-hybridized carbons (Fsp3) is 0.333. The second kappa shape index (κ2) is 11.1. The molecule has 31 heavy (non-hydrogen) atoms. The number of methoxy groups -OCH3 is 1. The molecule has 1 heterocycles. The van der Waals surface area contributed by atoms with Crippen molar-refractivity contribution in [3.05, 3.63) is 60.0 Å². The van der Waals surface area contributed by atoms with Gasteiger partial charge in [0.25, 0.3) is 5.91 Å². The zero-order valence-electron chi connectivity index (χ0n) is 18.1. The highest BCUT2D eigenvalue weighted by Gasteiger charge is 2.14. The van der Waals surface area contributed by atoms with Gasteiger partial charge in [-0.15, -0.1) is 0 Å². The molecule has 1 amide bonds. The van der Waals surface area contributed by atoms with Crippen LogP contribution < -0.4 is 19.5 Å². The van der Waals surface area contributed by atoms with Crippen LogP contribution in [0.15, 0.2) is 53.1 Å². The number of oxazole rings is 1. The lowest BCUT2D eigenvalue weighted by Crippen LogP contribution is -2.23. The van der Waals surface area contributed by atoms with Gasteiger partial charge in [-0.1, -0.05) is 25.5 Å². The molecule has 0 unspecified atom stereocenters. The quantitative estimate of drug-likeness (QED) is 0.443. The van der Waals surface area contributed by atoms with Crippen LogP contribution >= 0.6 is 0 Å². The molecule has 1 N–H and O–H groups in total. The molecule has 2 aromatic carbocycles. The Morgan fingerprint density at radius 1 is 1.06 bits per heavy atom. The van der Waals surface area contributed by atoms with Crippen molar-refractivity contribution in [1.29, 1.82) is 0 Å². The Balaban J connectivity index is 1.68. The number of carbonyl (C=O) groups is 1. The molecule has 3 aromatic rings. The van der Waals surface area contributed by atoms with Crippen molar-refractivity contribution in [1.82, 2.24) is 10.3 Å². The Morgan fingerprint density at radius 3 is 2.68 bits per heavy atom. The zero-order valence-corrected chi connectivity index (χ0v) is 18.1. The summed E-state index contributed by atoms with van der Waals surface area (Å²) in [7, 11) is 1.61. The lowest BCUT2D eigenvalue weighted by atomic mass is 10.2. The summed E-state index contributed by atoms with van der Waals surface area (Å²) in [5.41, 5.74) is 1.87. The van der Waals surface area contributed by atoms with E-state index in [9.17, 15) is 4.79 Å². The van der Waals surface area contributed by atoms with E-state index in [0.717, 1.165) is 18.4 Å². The highest BCUT2D eigenvalue weighted by Crippen LogP contribution is 2.32. The van der Waals surface area contributed by atoms with E-state index in [1.54, 1.807) is 25.3 Å². The predicted octanol–water partition coefficient (Wildman–Crippen LogP) is 4.86. The third-order valence-electron chi connectivity index (χ3n) is 4.58. The van der Waals surface area contributed by atoms with Crippen LogP contribution in [0, 0.1) is 0 Å². The van der Waals surface area contributed by atoms with Crippen molar-refractivity contribution in [2.75, 3.05) is 20.3 Å². The Bertz CT molecular complexity index is 999. The number of rotatable bonds is 11. The molecule has 0 saturated heterocycles. The molecule has 0 saturated carbocycles. The summed E-state index contributed by atoms with van der Waals surface area (Å²) in [6, 6.07) is 12.7. The standard InChI is InChI=1S/C24H28N2O5/c1-4-6-13-30-22-14-17(11-12-21(22)28-3)24-26-18(16-31-24)15-25-23(27)19-9-7-8-10-20(19)29-5-2/h7-12,14,16H,4-6,13,15H2,1-3H3,(H,25,27). The minimum atomic E-state index is -0.232. The lowest BCUT2D eigenvalue weighted by molar-refractivity contribution is 0.0946. The average molecular weight is 424 g/mol. The maximum Gasteiger partial charge on any atom is 0.255 e. The van der Waals surface area contributed by atoms with Crippen LogP contribution in [0.25, 0.3) is 11.5 Å². The first-order valence-electron chi connectivity index (χ1n) is 10.4. The number of aromatic nitrogens is 1. The fourth-order valence-corrected chi connectivity index (χ4v) is 2.97. The van der Waals surface area contributed by atoms with Gasteiger partial charge >= 0.3 is 0 Å². The molecule has 0 fully saturated rings. The molecule has 0 spiro atoms. The highest BCUT2D eigenvalue weighted by molar-refractivity contribution is 5.96. The van der Waals surface area contributed by atoms with Gasteiger partial charge in [0.05, 0.1) is 38.1 Å². The Kier molecular flexibility index (Phi) is 7.92. The summed E-state index contributed by atoms with van der Waals surface area (Å²) in [6.45, 7) is 5.33. The summed E-state index contributed by atoms with van der Waals surface area (Å²) in [6.07, 6.45) is 3.54. The highest BCUT2D eigenvalue weighted by atomic mass is 16.5. The maximum absolute atomic E-state index is 12.6. The van der Waals surface area contributed by atoms with Crippen molar-refractivity contribution >= 4 is 5.91 Å². The topological polar surface area (TPSA) is 82.8 Å². The van der Waals surface area contributed by atoms with Crippen molar-refractivity contribution in [3.8, 4) is 28.7 Å².